The van der Waals surface area contributed by atoms with Gasteiger partial charge in [0.25, 0.3) is 5.91 Å². The molecule has 0 aliphatic rings. The van der Waals surface area contributed by atoms with E-state index in [1.54, 1.807) is 29.2 Å². The highest BCUT2D eigenvalue weighted by Crippen LogP contribution is 2.18. The summed E-state index contributed by atoms with van der Waals surface area (Å²) in [6.07, 6.45) is 3.35. The highest BCUT2D eigenvalue weighted by Gasteiger charge is 2.09. The molecule has 7 nitrogen and oxygen atoms in total. The van der Waals surface area contributed by atoms with Gasteiger partial charge in [0.15, 0.2) is 0 Å². The number of nitrogen functional groups attached to an aromatic ring is 1. The van der Waals surface area contributed by atoms with Crippen LogP contribution in [0.3, 0.4) is 0 Å². The average Bonchev–Trinajstić information content (AvgIpc) is 3.06. The molecule has 0 fully saturated rings. The normalized spacial score (nSPS) is 10.8. The number of anilines is 1. The Labute approximate surface area is 114 Å². The van der Waals surface area contributed by atoms with Gasteiger partial charge in [-0.2, -0.15) is 0 Å². The summed E-state index contributed by atoms with van der Waals surface area (Å²) in [6, 6.07) is 7.27. The summed E-state index contributed by atoms with van der Waals surface area (Å²) in [7, 11) is 0. The maximum Gasteiger partial charge on any atom is 0.267 e. The van der Waals surface area contributed by atoms with E-state index in [0.717, 1.165) is 10.9 Å². The summed E-state index contributed by atoms with van der Waals surface area (Å²) in [5.41, 5.74) is 7.80. The minimum atomic E-state index is -0.153. The SMILES string of the molecule is Nc1ccc2[nH]c(C(=O)NCCn3ccnn3)cc2c1. The van der Waals surface area contributed by atoms with E-state index >= 15 is 0 Å². The van der Waals surface area contributed by atoms with Crippen LogP contribution in [-0.2, 0) is 6.54 Å². The lowest BCUT2D eigenvalue weighted by atomic mass is 10.2. The molecule has 3 aromatic rings. The molecule has 7 heteroatoms. The Morgan fingerprint density at radius 1 is 1.40 bits per heavy atom. The summed E-state index contributed by atoms with van der Waals surface area (Å²) in [4.78, 5) is 15.1. The van der Waals surface area contributed by atoms with Crippen molar-refractivity contribution in [1.82, 2.24) is 25.3 Å². The van der Waals surface area contributed by atoms with Gasteiger partial charge in [0, 0.05) is 29.3 Å². The number of H-pyrrole nitrogens is 1. The lowest BCUT2D eigenvalue weighted by molar-refractivity contribution is 0.0947. The molecule has 0 saturated heterocycles. The first-order chi connectivity index (χ1) is 9.72. The number of hydrogen-bond donors (Lipinski definition) is 3. The van der Waals surface area contributed by atoms with E-state index < -0.39 is 0 Å². The van der Waals surface area contributed by atoms with Crippen molar-refractivity contribution in [2.75, 3.05) is 12.3 Å². The molecule has 0 aliphatic carbocycles. The largest absolute Gasteiger partial charge is 0.399 e. The van der Waals surface area contributed by atoms with Gasteiger partial charge in [0.2, 0.25) is 0 Å². The summed E-state index contributed by atoms with van der Waals surface area (Å²) >= 11 is 0. The maximum atomic E-state index is 12.0. The van der Waals surface area contributed by atoms with E-state index in [0.29, 0.717) is 24.5 Å². The minimum absolute atomic E-state index is 0.153. The molecule has 2 aromatic heterocycles. The zero-order valence-electron chi connectivity index (χ0n) is 10.7. The lowest BCUT2D eigenvalue weighted by Gasteiger charge is -2.03. The number of benzene rings is 1. The molecule has 0 saturated carbocycles. The van der Waals surface area contributed by atoms with Crippen LogP contribution in [0.1, 0.15) is 10.5 Å². The van der Waals surface area contributed by atoms with Crippen molar-refractivity contribution in [3.05, 3.63) is 42.4 Å². The molecular formula is C13H14N6O. The summed E-state index contributed by atoms with van der Waals surface area (Å²) in [5.74, 6) is -0.153. The molecular weight excluding hydrogens is 256 g/mol. The monoisotopic (exact) mass is 270 g/mol. The number of hydrogen-bond acceptors (Lipinski definition) is 4. The fourth-order valence-electron chi connectivity index (χ4n) is 2.00. The zero-order chi connectivity index (χ0) is 13.9. The predicted octanol–water partition coefficient (Wildman–Crippen LogP) is 0.772. The van der Waals surface area contributed by atoms with Crippen LogP contribution < -0.4 is 11.1 Å². The van der Waals surface area contributed by atoms with Gasteiger partial charge in [-0.25, -0.2) is 0 Å². The van der Waals surface area contributed by atoms with Crippen molar-refractivity contribution in [1.29, 1.82) is 0 Å². The van der Waals surface area contributed by atoms with E-state index in [-0.39, 0.29) is 5.91 Å². The molecule has 4 N–H and O–H groups in total. The van der Waals surface area contributed by atoms with Crippen molar-refractivity contribution in [2.45, 2.75) is 6.54 Å². The molecule has 0 atom stereocenters. The van der Waals surface area contributed by atoms with E-state index in [1.807, 2.05) is 12.1 Å². The van der Waals surface area contributed by atoms with E-state index in [2.05, 4.69) is 20.6 Å². The van der Waals surface area contributed by atoms with Crippen LogP contribution in [0.2, 0.25) is 0 Å². The molecule has 0 bridgehead atoms. The molecule has 1 aromatic carbocycles. The molecule has 0 aliphatic heterocycles. The molecule has 3 rings (SSSR count). The lowest BCUT2D eigenvalue weighted by Crippen LogP contribution is -2.27. The molecule has 20 heavy (non-hydrogen) atoms. The van der Waals surface area contributed by atoms with E-state index in [4.69, 9.17) is 5.73 Å². The van der Waals surface area contributed by atoms with Crippen LogP contribution >= 0.6 is 0 Å². The molecule has 2 heterocycles. The highest BCUT2D eigenvalue weighted by atomic mass is 16.1. The van der Waals surface area contributed by atoms with Crippen molar-refractivity contribution in [3.8, 4) is 0 Å². The van der Waals surface area contributed by atoms with Crippen LogP contribution in [0.4, 0.5) is 5.69 Å². The van der Waals surface area contributed by atoms with Crippen molar-refractivity contribution in [2.24, 2.45) is 0 Å². The van der Waals surface area contributed by atoms with Gasteiger partial charge >= 0.3 is 0 Å². The smallest absolute Gasteiger partial charge is 0.267 e. The second-order valence-corrected chi connectivity index (χ2v) is 4.45. The fraction of sp³-hybridized carbons (Fsp3) is 0.154. The van der Waals surface area contributed by atoms with Crippen LogP contribution in [0.5, 0.6) is 0 Å². The number of rotatable bonds is 4. The van der Waals surface area contributed by atoms with Gasteiger partial charge in [0.05, 0.1) is 12.7 Å². The first-order valence-electron chi connectivity index (χ1n) is 6.23. The van der Waals surface area contributed by atoms with E-state index in [1.165, 1.54) is 0 Å². The van der Waals surface area contributed by atoms with Crippen molar-refractivity contribution >= 4 is 22.5 Å². The zero-order valence-corrected chi connectivity index (χ0v) is 10.7. The number of nitrogens with two attached hydrogens (primary N) is 1. The standard InChI is InChI=1S/C13H14N6O/c14-10-1-2-11-9(7-10)8-12(17-11)13(20)15-3-5-19-6-4-16-18-19/h1-2,4,6-8,17H,3,5,14H2,(H,15,20). The van der Waals surface area contributed by atoms with Gasteiger partial charge in [-0.15, -0.1) is 5.10 Å². The Bertz CT molecular complexity index is 730. The maximum absolute atomic E-state index is 12.0. The third-order valence-corrected chi connectivity index (χ3v) is 2.99. The summed E-state index contributed by atoms with van der Waals surface area (Å²) < 4.78 is 1.66. The van der Waals surface area contributed by atoms with Crippen LogP contribution in [0.15, 0.2) is 36.7 Å². The molecule has 0 unspecified atom stereocenters. The second-order valence-electron chi connectivity index (χ2n) is 4.45. The molecule has 0 spiro atoms. The Morgan fingerprint density at radius 3 is 3.10 bits per heavy atom. The first kappa shape index (κ1) is 12.2. The average molecular weight is 270 g/mol. The van der Waals surface area contributed by atoms with Gasteiger partial charge in [-0.3, -0.25) is 9.48 Å². The van der Waals surface area contributed by atoms with Gasteiger partial charge in [-0.1, -0.05) is 5.21 Å². The Kier molecular flexibility index (Phi) is 3.08. The van der Waals surface area contributed by atoms with Crippen LogP contribution in [0, 0.1) is 0 Å². The number of carbonyl (C=O) groups excluding carboxylic acids is 1. The molecule has 1 amide bonds. The van der Waals surface area contributed by atoms with Crippen LogP contribution in [0.25, 0.3) is 10.9 Å². The number of nitrogens with zero attached hydrogens (tertiary/aromatic N) is 3. The predicted molar refractivity (Wildman–Crippen MR) is 75.1 cm³/mol. The highest BCUT2D eigenvalue weighted by molar-refractivity contribution is 5.98. The Morgan fingerprint density at radius 2 is 2.30 bits per heavy atom. The number of fused-ring (bicyclic) bond motifs is 1. The third-order valence-electron chi connectivity index (χ3n) is 2.99. The quantitative estimate of drug-likeness (QED) is 0.609. The van der Waals surface area contributed by atoms with E-state index in [9.17, 15) is 4.79 Å². The van der Waals surface area contributed by atoms with Gasteiger partial charge < -0.3 is 16.0 Å². The number of aromatic nitrogens is 4. The fourth-order valence-corrected chi connectivity index (χ4v) is 2.00. The summed E-state index contributed by atoms with van der Waals surface area (Å²) in [5, 5.41) is 11.3. The summed E-state index contributed by atoms with van der Waals surface area (Å²) in [6.45, 7) is 1.07. The van der Waals surface area contributed by atoms with Crippen molar-refractivity contribution in [3.63, 3.8) is 0 Å². The molecule has 0 radical (unpaired) electrons. The Balaban J connectivity index is 1.66. The number of amides is 1. The number of aromatic amines is 1. The third kappa shape index (κ3) is 2.46. The van der Waals surface area contributed by atoms with Gasteiger partial charge in [0.1, 0.15) is 5.69 Å². The van der Waals surface area contributed by atoms with Gasteiger partial charge in [-0.05, 0) is 24.3 Å². The number of nitrogens with one attached hydrogen (secondary N) is 2. The minimum Gasteiger partial charge on any atom is -0.399 e. The first-order valence-corrected chi connectivity index (χ1v) is 6.23. The number of carbonyl (C=O) groups is 1. The molecule has 102 valence electrons. The second kappa shape index (κ2) is 5.04. The van der Waals surface area contributed by atoms with Crippen molar-refractivity contribution < 1.29 is 4.79 Å². The van der Waals surface area contributed by atoms with Crippen LogP contribution in [-0.4, -0.2) is 32.4 Å². The topological polar surface area (TPSA) is 102 Å². The Hall–Kier alpha value is -2.83.